The van der Waals surface area contributed by atoms with Crippen molar-refractivity contribution in [2.24, 2.45) is 11.3 Å². The summed E-state index contributed by atoms with van der Waals surface area (Å²) in [4.78, 5) is 17.3. The lowest BCUT2D eigenvalue weighted by Gasteiger charge is -2.42. The van der Waals surface area contributed by atoms with Gasteiger partial charge in [-0.25, -0.2) is 0 Å². The molecule has 2 fully saturated rings. The lowest BCUT2D eigenvalue weighted by Crippen LogP contribution is -2.47. The first kappa shape index (κ1) is 19.3. The van der Waals surface area contributed by atoms with Crippen LogP contribution in [0.3, 0.4) is 0 Å². The Kier molecular flexibility index (Phi) is 6.33. The summed E-state index contributed by atoms with van der Waals surface area (Å²) < 4.78 is 10.8. The molecule has 1 amide bonds. The van der Waals surface area contributed by atoms with Crippen LogP contribution in [0.1, 0.15) is 28.8 Å². The maximum atomic E-state index is 12.8. The van der Waals surface area contributed by atoms with E-state index in [0.717, 1.165) is 64.3 Å². The van der Waals surface area contributed by atoms with E-state index in [1.807, 2.05) is 36.1 Å². The predicted octanol–water partition coefficient (Wildman–Crippen LogP) is 2.44. The van der Waals surface area contributed by atoms with Gasteiger partial charge in [0.05, 0.1) is 13.2 Å². The molecule has 0 saturated carbocycles. The summed E-state index contributed by atoms with van der Waals surface area (Å²) in [5.74, 6) is 0.707. The summed E-state index contributed by atoms with van der Waals surface area (Å²) in [5.41, 5.74) is 2.25. The van der Waals surface area contributed by atoms with Gasteiger partial charge in [-0.15, -0.1) is 0 Å². The van der Waals surface area contributed by atoms with Crippen LogP contribution >= 0.6 is 0 Å². The Balaban J connectivity index is 1.63. The quantitative estimate of drug-likeness (QED) is 0.781. The highest BCUT2D eigenvalue weighted by molar-refractivity contribution is 5.94. The zero-order chi connectivity index (χ0) is 18.6. The van der Waals surface area contributed by atoms with Gasteiger partial charge in [0, 0.05) is 58.4 Å². The second-order valence-corrected chi connectivity index (χ2v) is 7.90. The van der Waals surface area contributed by atoms with E-state index in [9.17, 15) is 4.79 Å². The largest absolute Gasteiger partial charge is 0.384 e. The Labute approximate surface area is 157 Å². The molecule has 2 heterocycles. The van der Waals surface area contributed by atoms with Crippen molar-refractivity contribution >= 4 is 5.91 Å². The molecule has 144 valence electrons. The summed E-state index contributed by atoms with van der Waals surface area (Å²) in [6, 6.07) is 7.91. The molecular formula is C21H32N2O3. The van der Waals surface area contributed by atoms with Gasteiger partial charge in [-0.2, -0.15) is 0 Å². The Bertz CT molecular complexity index is 594. The van der Waals surface area contributed by atoms with Crippen molar-refractivity contribution in [2.75, 3.05) is 60.2 Å². The molecule has 1 aromatic carbocycles. The minimum atomic E-state index is 0.164. The third-order valence-corrected chi connectivity index (χ3v) is 6.21. The second-order valence-electron chi connectivity index (χ2n) is 7.90. The minimum absolute atomic E-state index is 0.164. The van der Waals surface area contributed by atoms with Crippen molar-refractivity contribution in [1.82, 2.24) is 9.80 Å². The monoisotopic (exact) mass is 360 g/mol. The fraction of sp³-hybridized carbons (Fsp3) is 0.667. The molecule has 3 rings (SSSR count). The number of rotatable bonds is 6. The van der Waals surface area contributed by atoms with Crippen LogP contribution in [0, 0.1) is 18.3 Å². The first-order valence-electron chi connectivity index (χ1n) is 9.64. The average molecular weight is 360 g/mol. The summed E-state index contributed by atoms with van der Waals surface area (Å²) >= 11 is 0. The zero-order valence-electron chi connectivity index (χ0n) is 16.4. The van der Waals surface area contributed by atoms with E-state index in [1.165, 1.54) is 5.56 Å². The molecule has 0 unspecified atom stereocenters. The first-order chi connectivity index (χ1) is 12.6. The first-order valence-corrected chi connectivity index (χ1v) is 9.64. The number of methoxy groups -OCH3 is 2. The number of ether oxygens (including phenoxy) is 2. The molecule has 26 heavy (non-hydrogen) atoms. The standard InChI is InChI=1S/C21H32N2O3/c1-17-4-6-18(7-5-17)20(24)23-10-8-21(9-11-23)16-22(12-13-25-2)14-19(21)15-26-3/h4-7,19H,8-16H2,1-3H3/t19-/m0/s1. The van der Waals surface area contributed by atoms with Gasteiger partial charge in [0.1, 0.15) is 0 Å². The fourth-order valence-corrected chi connectivity index (χ4v) is 4.57. The average Bonchev–Trinajstić information content (AvgIpc) is 2.98. The number of carbonyl (C=O) groups is 1. The number of nitrogens with zero attached hydrogens (tertiary/aromatic N) is 2. The minimum Gasteiger partial charge on any atom is -0.384 e. The summed E-state index contributed by atoms with van der Waals surface area (Å²) in [6.45, 7) is 8.44. The molecule has 2 saturated heterocycles. The smallest absolute Gasteiger partial charge is 0.253 e. The Morgan fingerprint density at radius 1 is 1.15 bits per heavy atom. The molecule has 5 nitrogen and oxygen atoms in total. The number of aryl methyl sites for hydroxylation is 1. The van der Waals surface area contributed by atoms with E-state index in [2.05, 4.69) is 4.90 Å². The van der Waals surface area contributed by atoms with Crippen LogP contribution in [0.2, 0.25) is 0 Å². The number of likely N-dealkylation sites (tertiary alicyclic amines) is 2. The lowest BCUT2D eigenvalue weighted by molar-refractivity contribution is 0.0321. The van der Waals surface area contributed by atoms with Crippen LogP contribution in [-0.2, 0) is 9.47 Å². The highest BCUT2D eigenvalue weighted by Gasteiger charge is 2.48. The third kappa shape index (κ3) is 4.11. The highest BCUT2D eigenvalue weighted by Crippen LogP contribution is 2.44. The molecule has 2 aliphatic heterocycles. The van der Waals surface area contributed by atoms with Crippen molar-refractivity contribution in [3.8, 4) is 0 Å². The van der Waals surface area contributed by atoms with Gasteiger partial charge in [-0.05, 0) is 37.3 Å². The van der Waals surface area contributed by atoms with Gasteiger partial charge in [-0.1, -0.05) is 17.7 Å². The maximum absolute atomic E-state index is 12.8. The Morgan fingerprint density at radius 2 is 1.85 bits per heavy atom. The molecule has 5 heteroatoms. The Hall–Kier alpha value is -1.43. The highest BCUT2D eigenvalue weighted by atomic mass is 16.5. The van der Waals surface area contributed by atoms with Crippen LogP contribution < -0.4 is 0 Å². The normalized spacial score (nSPS) is 22.9. The molecule has 1 aromatic rings. The lowest BCUT2D eigenvalue weighted by atomic mass is 9.71. The Morgan fingerprint density at radius 3 is 2.46 bits per heavy atom. The number of hydrogen-bond acceptors (Lipinski definition) is 4. The number of benzene rings is 1. The van der Waals surface area contributed by atoms with E-state index in [0.29, 0.717) is 5.92 Å². The molecule has 1 spiro atoms. The van der Waals surface area contributed by atoms with Gasteiger partial charge >= 0.3 is 0 Å². The predicted molar refractivity (Wildman–Crippen MR) is 102 cm³/mol. The van der Waals surface area contributed by atoms with Gasteiger partial charge in [-0.3, -0.25) is 4.79 Å². The van der Waals surface area contributed by atoms with Crippen molar-refractivity contribution in [3.05, 3.63) is 35.4 Å². The topological polar surface area (TPSA) is 42.0 Å². The second kappa shape index (κ2) is 8.51. The van der Waals surface area contributed by atoms with Crippen LogP contribution in [0.15, 0.2) is 24.3 Å². The van der Waals surface area contributed by atoms with Gasteiger partial charge < -0.3 is 19.3 Å². The van der Waals surface area contributed by atoms with Crippen molar-refractivity contribution in [1.29, 1.82) is 0 Å². The van der Waals surface area contributed by atoms with E-state index in [4.69, 9.17) is 9.47 Å². The fourth-order valence-electron chi connectivity index (χ4n) is 4.57. The van der Waals surface area contributed by atoms with Crippen molar-refractivity contribution in [2.45, 2.75) is 19.8 Å². The molecular weight excluding hydrogens is 328 g/mol. The van der Waals surface area contributed by atoms with Crippen molar-refractivity contribution in [3.63, 3.8) is 0 Å². The maximum Gasteiger partial charge on any atom is 0.253 e. The number of amides is 1. The van der Waals surface area contributed by atoms with Crippen LogP contribution in [0.4, 0.5) is 0 Å². The third-order valence-electron chi connectivity index (χ3n) is 6.21. The molecule has 0 bridgehead atoms. The molecule has 0 N–H and O–H groups in total. The van der Waals surface area contributed by atoms with E-state index in [-0.39, 0.29) is 11.3 Å². The molecule has 1 atom stereocenters. The zero-order valence-corrected chi connectivity index (χ0v) is 16.4. The molecule has 2 aliphatic rings. The summed E-state index contributed by atoms with van der Waals surface area (Å²) in [5, 5.41) is 0. The SMILES string of the molecule is COCCN1C[C@@H](COC)C2(CCN(C(=O)c3ccc(C)cc3)CC2)C1. The van der Waals surface area contributed by atoms with E-state index >= 15 is 0 Å². The van der Waals surface area contributed by atoms with E-state index < -0.39 is 0 Å². The number of hydrogen-bond donors (Lipinski definition) is 0. The molecule has 0 radical (unpaired) electrons. The van der Waals surface area contributed by atoms with Crippen molar-refractivity contribution < 1.29 is 14.3 Å². The number of carbonyl (C=O) groups excluding carboxylic acids is 1. The molecule has 0 aromatic heterocycles. The molecule has 0 aliphatic carbocycles. The van der Waals surface area contributed by atoms with Gasteiger partial charge in [0.2, 0.25) is 0 Å². The van der Waals surface area contributed by atoms with Crippen LogP contribution in [0.5, 0.6) is 0 Å². The summed E-state index contributed by atoms with van der Waals surface area (Å²) in [6.07, 6.45) is 2.12. The van der Waals surface area contributed by atoms with Gasteiger partial charge in [0.25, 0.3) is 5.91 Å². The van der Waals surface area contributed by atoms with Crippen LogP contribution in [0.25, 0.3) is 0 Å². The van der Waals surface area contributed by atoms with Gasteiger partial charge in [0.15, 0.2) is 0 Å². The summed E-state index contributed by atoms with van der Waals surface area (Å²) in [7, 11) is 3.55. The van der Waals surface area contributed by atoms with Crippen LogP contribution in [-0.4, -0.2) is 75.9 Å². The van der Waals surface area contributed by atoms with E-state index in [1.54, 1.807) is 14.2 Å². The number of piperidine rings is 1.